The molecule has 2 rings (SSSR count). The van der Waals surface area contributed by atoms with Crippen molar-refractivity contribution < 1.29 is 14.3 Å². The maximum absolute atomic E-state index is 11.9. The molecule has 25 heavy (non-hydrogen) atoms. The summed E-state index contributed by atoms with van der Waals surface area (Å²) in [6.07, 6.45) is 0.821. The zero-order valence-electron chi connectivity index (χ0n) is 13.6. The number of halogens is 2. The van der Waals surface area contributed by atoms with Crippen molar-refractivity contribution in [2.45, 2.75) is 19.8 Å². The van der Waals surface area contributed by atoms with Crippen molar-refractivity contribution in [1.29, 1.82) is 0 Å². The van der Waals surface area contributed by atoms with Crippen molar-refractivity contribution >= 4 is 46.3 Å². The van der Waals surface area contributed by atoms with Crippen LogP contribution in [0.15, 0.2) is 36.4 Å². The fourth-order valence-corrected chi connectivity index (χ4v) is 2.58. The van der Waals surface area contributed by atoms with Gasteiger partial charge in [-0.25, -0.2) is 0 Å². The van der Waals surface area contributed by atoms with Crippen molar-refractivity contribution in [1.82, 2.24) is 0 Å². The third-order valence-electron chi connectivity index (χ3n) is 3.44. The summed E-state index contributed by atoms with van der Waals surface area (Å²) in [5.41, 5.74) is 7.06. The number of nitrogens with one attached hydrogen (secondary N) is 1. The number of anilines is 2. The summed E-state index contributed by atoms with van der Waals surface area (Å²) in [6, 6.07) is 9.98. The number of ketones is 1. The Morgan fingerprint density at radius 1 is 1.12 bits per heavy atom. The van der Waals surface area contributed by atoms with E-state index in [1.165, 1.54) is 6.92 Å². The molecule has 0 aliphatic heterocycles. The Hall–Kier alpha value is -2.24. The normalized spacial score (nSPS) is 10.4. The monoisotopic (exact) mass is 380 g/mol. The molecule has 0 spiro atoms. The van der Waals surface area contributed by atoms with E-state index < -0.39 is 0 Å². The molecular formula is C18H18Cl2N2O3. The number of benzene rings is 2. The number of carbonyl (C=O) groups excluding carboxylic acids is 2. The minimum atomic E-state index is -0.174. The van der Waals surface area contributed by atoms with Gasteiger partial charge in [-0.15, -0.1) is 0 Å². The maximum Gasteiger partial charge on any atom is 0.224 e. The third kappa shape index (κ3) is 5.66. The predicted molar refractivity (Wildman–Crippen MR) is 101 cm³/mol. The molecular weight excluding hydrogens is 363 g/mol. The quantitative estimate of drug-likeness (QED) is 0.418. The van der Waals surface area contributed by atoms with E-state index >= 15 is 0 Å². The van der Waals surface area contributed by atoms with E-state index in [9.17, 15) is 9.59 Å². The Kier molecular flexibility index (Phi) is 6.67. The van der Waals surface area contributed by atoms with E-state index in [1.807, 2.05) is 0 Å². The average Bonchev–Trinajstić information content (AvgIpc) is 2.57. The van der Waals surface area contributed by atoms with Gasteiger partial charge in [-0.2, -0.15) is 0 Å². The van der Waals surface area contributed by atoms with Crippen molar-refractivity contribution in [3.8, 4) is 5.75 Å². The van der Waals surface area contributed by atoms with Crippen molar-refractivity contribution in [2.24, 2.45) is 0 Å². The van der Waals surface area contributed by atoms with Crippen LogP contribution in [0.3, 0.4) is 0 Å². The summed E-state index contributed by atoms with van der Waals surface area (Å²) < 4.78 is 5.55. The number of nitrogen functional groups attached to an aromatic ring is 1. The van der Waals surface area contributed by atoms with Gasteiger partial charge in [-0.1, -0.05) is 23.2 Å². The van der Waals surface area contributed by atoms with Gasteiger partial charge in [0, 0.05) is 17.7 Å². The predicted octanol–water partition coefficient (Wildman–Crippen LogP) is 4.58. The van der Waals surface area contributed by atoms with Crippen LogP contribution in [0.25, 0.3) is 0 Å². The number of Topliss-reactive ketones (excluding diaryl/α,β-unsaturated/α-hetero) is 1. The molecule has 5 nitrogen and oxygen atoms in total. The Bertz CT molecular complexity index is 753. The van der Waals surface area contributed by atoms with Gasteiger partial charge >= 0.3 is 0 Å². The first-order chi connectivity index (χ1) is 11.9. The lowest BCUT2D eigenvalue weighted by Gasteiger charge is -2.09. The molecule has 0 saturated carbocycles. The second-order valence-electron chi connectivity index (χ2n) is 5.43. The van der Waals surface area contributed by atoms with Gasteiger partial charge in [0.05, 0.1) is 22.3 Å². The molecule has 132 valence electrons. The van der Waals surface area contributed by atoms with E-state index in [4.69, 9.17) is 33.7 Å². The lowest BCUT2D eigenvalue weighted by atomic mass is 10.1. The molecule has 0 bridgehead atoms. The van der Waals surface area contributed by atoms with E-state index in [0.717, 1.165) is 0 Å². The molecule has 0 saturated heterocycles. The smallest absolute Gasteiger partial charge is 0.224 e. The topological polar surface area (TPSA) is 81.4 Å². The highest BCUT2D eigenvalue weighted by Crippen LogP contribution is 2.31. The fourth-order valence-electron chi connectivity index (χ4n) is 2.09. The molecule has 0 unspecified atom stereocenters. The standard InChI is InChI=1S/C18H18Cl2N2O3/c1-11(23)12-4-6-14(7-5-12)25-8-2-3-17(24)22-13-9-15(19)18(21)16(20)10-13/h4-7,9-10H,2-3,8,21H2,1H3,(H,22,24). The van der Waals surface area contributed by atoms with E-state index in [0.29, 0.717) is 40.1 Å². The van der Waals surface area contributed by atoms with Crippen molar-refractivity contribution in [2.75, 3.05) is 17.7 Å². The third-order valence-corrected chi connectivity index (χ3v) is 4.07. The number of rotatable bonds is 7. The summed E-state index contributed by atoms with van der Waals surface area (Å²) >= 11 is 11.9. The van der Waals surface area contributed by atoms with Gasteiger partial charge in [-0.3, -0.25) is 9.59 Å². The summed E-state index contributed by atoms with van der Waals surface area (Å²) in [5, 5.41) is 3.30. The van der Waals surface area contributed by atoms with Crippen LogP contribution < -0.4 is 15.8 Å². The number of carbonyl (C=O) groups is 2. The number of amides is 1. The summed E-state index contributed by atoms with van der Waals surface area (Å²) in [4.78, 5) is 23.1. The number of hydrogen-bond donors (Lipinski definition) is 2. The second-order valence-corrected chi connectivity index (χ2v) is 6.25. The molecule has 0 heterocycles. The SMILES string of the molecule is CC(=O)c1ccc(OCCCC(=O)Nc2cc(Cl)c(N)c(Cl)c2)cc1. The fraction of sp³-hybridized carbons (Fsp3) is 0.222. The Morgan fingerprint density at radius 2 is 1.72 bits per heavy atom. The average molecular weight is 381 g/mol. The first kappa shape index (κ1) is 19.1. The Morgan fingerprint density at radius 3 is 2.28 bits per heavy atom. The molecule has 0 fully saturated rings. The van der Waals surface area contributed by atoms with Gasteiger partial charge in [0.15, 0.2) is 5.78 Å². The maximum atomic E-state index is 11.9. The zero-order chi connectivity index (χ0) is 18.4. The van der Waals surface area contributed by atoms with Crippen LogP contribution in [0.1, 0.15) is 30.1 Å². The van der Waals surface area contributed by atoms with E-state index in [1.54, 1.807) is 36.4 Å². The lowest BCUT2D eigenvalue weighted by Crippen LogP contribution is -2.13. The van der Waals surface area contributed by atoms with E-state index in [-0.39, 0.29) is 23.8 Å². The van der Waals surface area contributed by atoms with Crippen LogP contribution in [-0.2, 0) is 4.79 Å². The van der Waals surface area contributed by atoms with Crippen LogP contribution in [0.2, 0.25) is 10.0 Å². The summed E-state index contributed by atoms with van der Waals surface area (Å²) in [7, 11) is 0. The van der Waals surface area contributed by atoms with Crippen LogP contribution >= 0.6 is 23.2 Å². The first-order valence-electron chi connectivity index (χ1n) is 7.65. The molecule has 7 heteroatoms. The number of ether oxygens (including phenoxy) is 1. The van der Waals surface area contributed by atoms with Crippen LogP contribution in [0, 0.1) is 0 Å². The van der Waals surface area contributed by atoms with Crippen LogP contribution in [0.4, 0.5) is 11.4 Å². The molecule has 2 aromatic carbocycles. The highest BCUT2D eigenvalue weighted by Gasteiger charge is 2.08. The molecule has 0 aliphatic rings. The number of hydrogen-bond acceptors (Lipinski definition) is 4. The van der Waals surface area contributed by atoms with Gasteiger partial charge in [-0.05, 0) is 49.7 Å². The molecule has 2 aromatic rings. The Labute approximate surface area is 156 Å². The second kappa shape index (κ2) is 8.74. The zero-order valence-corrected chi connectivity index (χ0v) is 15.2. The first-order valence-corrected chi connectivity index (χ1v) is 8.40. The minimum Gasteiger partial charge on any atom is -0.494 e. The van der Waals surface area contributed by atoms with E-state index in [2.05, 4.69) is 5.32 Å². The molecule has 0 aromatic heterocycles. The highest BCUT2D eigenvalue weighted by atomic mass is 35.5. The molecule has 3 N–H and O–H groups in total. The minimum absolute atomic E-state index is 0.00564. The number of nitrogens with two attached hydrogens (primary N) is 1. The molecule has 0 aliphatic carbocycles. The summed E-state index contributed by atoms with van der Waals surface area (Å²) in [6.45, 7) is 1.89. The highest BCUT2D eigenvalue weighted by molar-refractivity contribution is 6.39. The van der Waals surface area contributed by atoms with Crippen molar-refractivity contribution in [3.63, 3.8) is 0 Å². The molecule has 0 radical (unpaired) electrons. The van der Waals surface area contributed by atoms with Crippen LogP contribution in [0.5, 0.6) is 5.75 Å². The van der Waals surface area contributed by atoms with Gasteiger partial charge in [0.1, 0.15) is 5.75 Å². The summed E-state index contributed by atoms with van der Waals surface area (Å²) in [5.74, 6) is 0.487. The molecule has 1 amide bonds. The largest absolute Gasteiger partial charge is 0.494 e. The van der Waals surface area contributed by atoms with Gasteiger partial charge in [0.2, 0.25) is 5.91 Å². The van der Waals surface area contributed by atoms with Crippen LogP contribution in [-0.4, -0.2) is 18.3 Å². The van der Waals surface area contributed by atoms with Gasteiger partial charge < -0.3 is 15.8 Å². The molecule has 0 atom stereocenters. The Balaban J connectivity index is 1.76. The lowest BCUT2D eigenvalue weighted by molar-refractivity contribution is -0.116. The van der Waals surface area contributed by atoms with Crippen molar-refractivity contribution in [3.05, 3.63) is 52.0 Å². The van der Waals surface area contributed by atoms with Gasteiger partial charge in [0.25, 0.3) is 0 Å².